The number of hydrogen-bond donors (Lipinski definition) is 0. The van der Waals surface area contributed by atoms with Crippen LogP contribution in [0.15, 0.2) is 131 Å². The molecule has 0 aliphatic heterocycles. The molecule has 0 saturated carbocycles. The lowest BCUT2D eigenvalue weighted by Crippen LogP contribution is -2.26. The van der Waals surface area contributed by atoms with Crippen molar-refractivity contribution >= 4 is 45.6 Å². The maximum absolute atomic E-state index is 15.0. The number of ether oxygens (including phenoxy) is 1. The molecule has 0 bridgehead atoms. The Hall–Kier alpha value is -3.26. The second kappa shape index (κ2) is 9.31. The molecule has 5 aromatic carbocycles. The zero-order chi connectivity index (χ0) is 22.7. The fourth-order valence-electron chi connectivity index (χ4n) is 4.11. The van der Waals surface area contributed by atoms with Gasteiger partial charge in [-0.15, -0.1) is 0 Å². The van der Waals surface area contributed by atoms with Crippen molar-refractivity contribution in [2.24, 2.45) is 0 Å². The maximum Gasteiger partial charge on any atom is 0.172 e. The number of fused-ring (bicyclic) bond motifs is 1. The largest absolute Gasteiger partial charge is 0.496 e. The van der Waals surface area contributed by atoms with E-state index in [1.807, 2.05) is 97.1 Å². The molecule has 4 heteroatoms. The Morgan fingerprint density at radius 3 is 1.88 bits per heavy atom. The number of hydrogen-bond acceptors (Lipinski definition) is 3. The Bertz CT molecular complexity index is 1410. The van der Waals surface area contributed by atoms with Crippen molar-refractivity contribution in [1.29, 1.82) is 0 Å². The third-order valence-electron chi connectivity index (χ3n) is 5.72. The molecule has 5 aromatic rings. The zero-order valence-corrected chi connectivity index (χ0v) is 19.9. The fourth-order valence-corrected chi connectivity index (χ4v) is 8.43. The molecule has 33 heavy (non-hydrogen) atoms. The third kappa shape index (κ3) is 3.99. The molecule has 0 fully saturated rings. The van der Waals surface area contributed by atoms with Crippen LogP contribution < -0.4 is 20.7 Å². The van der Waals surface area contributed by atoms with Crippen molar-refractivity contribution in [3.05, 3.63) is 121 Å². The lowest BCUT2D eigenvalue weighted by Gasteiger charge is -2.23. The molecular formula is C29H23O2PS. The molecular weight excluding hydrogens is 443 g/mol. The van der Waals surface area contributed by atoms with Crippen LogP contribution in [0.5, 0.6) is 5.75 Å². The molecule has 0 spiro atoms. The van der Waals surface area contributed by atoms with Crippen LogP contribution >= 0.6 is 18.9 Å². The summed E-state index contributed by atoms with van der Waals surface area (Å²) in [6.07, 6.45) is 0. The summed E-state index contributed by atoms with van der Waals surface area (Å²) >= 11 is 1.61. The van der Waals surface area contributed by atoms with Crippen molar-refractivity contribution in [1.82, 2.24) is 0 Å². The third-order valence-corrected chi connectivity index (χ3v) is 10.2. The summed E-state index contributed by atoms with van der Waals surface area (Å²) in [6.45, 7) is 0. The fraction of sp³-hybridized carbons (Fsp3) is 0.0345. The van der Waals surface area contributed by atoms with Gasteiger partial charge in [0.2, 0.25) is 0 Å². The van der Waals surface area contributed by atoms with Gasteiger partial charge >= 0.3 is 0 Å². The number of rotatable bonds is 6. The highest BCUT2D eigenvalue weighted by Gasteiger charge is 2.32. The molecule has 2 nitrogen and oxygen atoms in total. The first-order chi connectivity index (χ1) is 16.2. The summed E-state index contributed by atoms with van der Waals surface area (Å²) in [5, 5.41) is 4.75. The van der Waals surface area contributed by atoms with Crippen LogP contribution in [0.25, 0.3) is 10.8 Å². The number of benzene rings is 5. The van der Waals surface area contributed by atoms with Crippen molar-refractivity contribution in [3.63, 3.8) is 0 Å². The second-order valence-corrected chi connectivity index (χ2v) is 11.5. The van der Waals surface area contributed by atoms with Gasteiger partial charge in [-0.3, -0.25) is 0 Å². The molecule has 0 N–H and O–H groups in total. The van der Waals surface area contributed by atoms with E-state index >= 15 is 4.57 Å². The first-order valence-electron chi connectivity index (χ1n) is 10.8. The Morgan fingerprint density at radius 1 is 0.636 bits per heavy atom. The molecule has 5 rings (SSSR count). The van der Waals surface area contributed by atoms with Gasteiger partial charge in [-0.1, -0.05) is 115 Å². The summed E-state index contributed by atoms with van der Waals surface area (Å²) in [5.74, 6) is 0.808. The minimum absolute atomic E-state index is 0.808. The average molecular weight is 467 g/mol. The lowest BCUT2D eigenvalue weighted by atomic mass is 10.1. The van der Waals surface area contributed by atoms with Crippen molar-refractivity contribution in [2.75, 3.05) is 7.11 Å². The average Bonchev–Trinajstić information content (AvgIpc) is 2.90. The molecule has 162 valence electrons. The van der Waals surface area contributed by atoms with E-state index in [0.29, 0.717) is 0 Å². The Morgan fingerprint density at radius 2 is 1.21 bits per heavy atom. The van der Waals surface area contributed by atoms with Gasteiger partial charge in [-0.25, -0.2) is 0 Å². The Labute approximate surface area is 198 Å². The summed E-state index contributed by atoms with van der Waals surface area (Å²) in [7, 11) is -1.40. The normalized spacial score (nSPS) is 11.4. The minimum atomic E-state index is -3.10. The van der Waals surface area contributed by atoms with Crippen LogP contribution in [0.4, 0.5) is 0 Å². The molecule has 0 heterocycles. The van der Waals surface area contributed by atoms with Gasteiger partial charge in [0.15, 0.2) is 7.14 Å². The van der Waals surface area contributed by atoms with Gasteiger partial charge in [-0.2, -0.15) is 0 Å². The first kappa shape index (κ1) is 21.6. The zero-order valence-electron chi connectivity index (χ0n) is 18.2. The molecule has 0 radical (unpaired) electrons. The molecule has 0 aliphatic rings. The Balaban J connectivity index is 1.73. The predicted octanol–water partition coefficient (Wildman–Crippen LogP) is 6.64. The van der Waals surface area contributed by atoms with Gasteiger partial charge in [0.1, 0.15) is 5.75 Å². The van der Waals surface area contributed by atoms with Gasteiger partial charge in [-0.05, 0) is 29.0 Å². The molecule has 0 aromatic heterocycles. The molecule has 0 unspecified atom stereocenters. The number of methoxy groups -OCH3 is 1. The summed E-state index contributed by atoms with van der Waals surface area (Å²) in [5.41, 5.74) is 0. The topological polar surface area (TPSA) is 26.3 Å². The molecule has 0 amide bonds. The quantitative estimate of drug-likeness (QED) is 0.263. The highest BCUT2D eigenvalue weighted by molar-refractivity contribution is 8.00. The first-order valence-corrected chi connectivity index (χ1v) is 13.3. The van der Waals surface area contributed by atoms with Gasteiger partial charge in [0, 0.05) is 20.8 Å². The van der Waals surface area contributed by atoms with Gasteiger partial charge in [0.25, 0.3) is 0 Å². The van der Waals surface area contributed by atoms with Gasteiger partial charge < -0.3 is 9.30 Å². The van der Waals surface area contributed by atoms with E-state index < -0.39 is 7.14 Å². The van der Waals surface area contributed by atoms with Crippen LogP contribution in [0.1, 0.15) is 0 Å². The monoisotopic (exact) mass is 466 g/mol. The molecule has 0 saturated heterocycles. The van der Waals surface area contributed by atoms with Crippen LogP contribution in [-0.4, -0.2) is 7.11 Å². The Kier molecular flexibility index (Phi) is 6.09. The smallest absolute Gasteiger partial charge is 0.172 e. The summed E-state index contributed by atoms with van der Waals surface area (Å²) in [4.78, 5) is 1.99. The lowest BCUT2D eigenvalue weighted by molar-refractivity contribution is 0.406. The standard InChI is InChI=1S/C29H23O2PS/c1-31-26-21-20-22-12-8-9-17-25(22)29(26)33-28-19-11-10-18-27(28)32(30,23-13-4-2-5-14-23)24-15-6-3-7-16-24/h2-21H,1H3. The van der Waals surface area contributed by atoms with Crippen LogP contribution in [-0.2, 0) is 4.57 Å². The SMILES string of the molecule is COc1ccc2ccccc2c1Sc1ccccc1P(=O)(c1ccccc1)c1ccccc1. The second-order valence-electron chi connectivity index (χ2n) is 7.67. The van der Waals surface area contributed by atoms with Gasteiger partial charge in [0.05, 0.1) is 12.0 Å². The molecule has 0 aliphatic carbocycles. The minimum Gasteiger partial charge on any atom is -0.496 e. The maximum atomic E-state index is 15.0. The van der Waals surface area contributed by atoms with Crippen LogP contribution in [0.2, 0.25) is 0 Å². The van der Waals surface area contributed by atoms with Crippen LogP contribution in [0.3, 0.4) is 0 Å². The van der Waals surface area contributed by atoms with Crippen molar-refractivity contribution in [3.8, 4) is 5.75 Å². The predicted molar refractivity (Wildman–Crippen MR) is 140 cm³/mol. The molecule has 0 atom stereocenters. The van der Waals surface area contributed by atoms with E-state index in [-0.39, 0.29) is 0 Å². The van der Waals surface area contributed by atoms with E-state index in [1.165, 1.54) is 0 Å². The summed E-state index contributed by atoms with van der Waals surface area (Å²) < 4.78 is 20.7. The summed E-state index contributed by atoms with van der Waals surface area (Å²) in [6, 6.07) is 40.0. The van der Waals surface area contributed by atoms with Crippen LogP contribution in [0, 0.1) is 0 Å². The van der Waals surface area contributed by atoms with E-state index in [4.69, 9.17) is 4.74 Å². The highest BCUT2D eigenvalue weighted by atomic mass is 32.2. The highest BCUT2D eigenvalue weighted by Crippen LogP contribution is 2.48. The van der Waals surface area contributed by atoms with E-state index in [0.717, 1.165) is 42.2 Å². The van der Waals surface area contributed by atoms with E-state index in [2.05, 4.69) is 24.3 Å². The van der Waals surface area contributed by atoms with E-state index in [9.17, 15) is 0 Å². The van der Waals surface area contributed by atoms with Crippen molar-refractivity contribution < 1.29 is 9.30 Å². The van der Waals surface area contributed by atoms with Crippen molar-refractivity contribution in [2.45, 2.75) is 9.79 Å². The van der Waals surface area contributed by atoms with E-state index in [1.54, 1.807) is 18.9 Å².